The average Bonchev–Trinajstić information content (AvgIpc) is 3.67. The second-order valence-corrected chi connectivity index (χ2v) is 10.2. The number of ether oxygens (including phenoxy) is 3. The van der Waals surface area contributed by atoms with Gasteiger partial charge in [-0.2, -0.15) is 0 Å². The zero-order chi connectivity index (χ0) is 24.5. The fourth-order valence-electron chi connectivity index (χ4n) is 5.99. The van der Waals surface area contributed by atoms with Gasteiger partial charge in [0.15, 0.2) is 17.3 Å². The molecule has 6 rings (SSSR count). The molecule has 10 nitrogen and oxygen atoms in total. The first-order chi connectivity index (χ1) is 17.7. The van der Waals surface area contributed by atoms with E-state index in [0.717, 1.165) is 61.0 Å². The Kier molecular flexibility index (Phi) is 6.62. The van der Waals surface area contributed by atoms with Crippen LogP contribution in [-0.2, 0) is 17.8 Å². The molecule has 2 aliphatic heterocycles. The number of H-pyrrole nitrogens is 1. The lowest BCUT2D eigenvalue weighted by Crippen LogP contribution is -2.41. The van der Waals surface area contributed by atoms with Crippen LogP contribution in [0.2, 0.25) is 0 Å². The number of hydrogen-bond acceptors (Lipinski definition) is 8. The molecule has 1 aliphatic carbocycles. The molecule has 1 N–H and O–H groups in total. The van der Waals surface area contributed by atoms with E-state index in [4.69, 9.17) is 14.2 Å². The third kappa shape index (κ3) is 4.59. The highest BCUT2D eigenvalue weighted by Crippen LogP contribution is 2.36. The number of aromatic amines is 1. The van der Waals surface area contributed by atoms with E-state index in [2.05, 4.69) is 32.3 Å². The smallest absolute Gasteiger partial charge is 0.252 e. The van der Waals surface area contributed by atoms with Crippen LogP contribution in [0.25, 0.3) is 10.9 Å². The number of nitrogens with one attached hydrogen (secondary N) is 1. The van der Waals surface area contributed by atoms with Gasteiger partial charge in [-0.1, -0.05) is 26.2 Å². The highest BCUT2D eigenvalue weighted by atomic mass is 16.7. The van der Waals surface area contributed by atoms with Crippen molar-refractivity contribution in [3.63, 3.8) is 0 Å². The van der Waals surface area contributed by atoms with E-state index in [0.29, 0.717) is 30.6 Å². The summed E-state index contributed by atoms with van der Waals surface area (Å²) >= 11 is 0. The molecule has 36 heavy (non-hydrogen) atoms. The lowest BCUT2D eigenvalue weighted by Gasteiger charge is -2.39. The van der Waals surface area contributed by atoms with Crippen molar-refractivity contribution in [3.8, 4) is 11.5 Å². The van der Waals surface area contributed by atoms with E-state index in [1.807, 2.05) is 22.9 Å². The molecule has 10 heteroatoms. The zero-order valence-corrected chi connectivity index (χ0v) is 20.8. The quantitative estimate of drug-likeness (QED) is 0.505. The minimum atomic E-state index is -0.0732. The summed E-state index contributed by atoms with van der Waals surface area (Å²) < 4.78 is 18.8. The van der Waals surface area contributed by atoms with Crippen LogP contribution in [0.1, 0.15) is 75.7 Å². The number of benzene rings is 1. The maximum absolute atomic E-state index is 13.2. The molecule has 0 radical (unpaired) electrons. The van der Waals surface area contributed by atoms with Crippen molar-refractivity contribution in [1.29, 1.82) is 0 Å². The number of aromatic nitrogens is 5. The van der Waals surface area contributed by atoms with E-state index >= 15 is 0 Å². The van der Waals surface area contributed by atoms with E-state index < -0.39 is 0 Å². The summed E-state index contributed by atoms with van der Waals surface area (Å²) in [6.45, 7) is 4.39. The summed E-state index contributed by atoms with van der Waals surface area (Å²) in [7, 11) is 0. The summed E-state index contributed by atoms with van der Waals surface area (Å²) in [6, 6.07) is 6.17. The second-order valence-electron chi connectivity index (χ2n) is 10.2. The van der Waals surface area contributed by atoms with Gasteiger partial charge in [0, 0.05) is 36.2 Å². The van der Waals surface area contributed by atoms with Gasteiger partial charge in [-0.25, -0.2) is 4.68 Å². The molecule has 1 saturated heterocycles. The molecular formula is C26H34N6O4. The first kappa shape index (κ1) is 23.4. The van der Waals surface area contributed by atoms with Gasteiger partial charge in [0.1, 0.15) is 0 Å². The minimum Gasteiger partial charge on any atom is -0.454 e. The van der Waals surface area contributed by atoms with Gasteiger partial charge in [-0.15, -0.1) is 5.10 Å². The van der Waals surface area contributed by atoms with Gasteiger partial charge < -0.3 is 19.2 Å². The third-order valence-corrected chi connectivity index (χ3v) is 7.86. The summed E-state index contributed by atoms with van der Waals surface area (Å²) in [5, 5.41) is 13.8. The Bertz CT molecular complexity index is 1260. The van der Waals surface area contributed by atoms with Crippen molar-refractivity contribution < 1.29 is 14.2 Å². The molecule has 3 aliphatic rings. The summed E-state index contributed by atoms with van der Waals surface area (Å²) in [6.07, 6.45) is 9.04. The van der Waals surface area contributed by atoms with Crippen molar-refractivity contribution in [3.05, 3.63) is 39.9 Å². The summed E-state index contributed by atoms with van der Waals surface area (Å²) in [5.74, 6) is 2.24. The molecule has 2 fully saturated rings. The van der Waals surface area contributed by atoms with E-state index in [1.54, 1.807) is 0 Å². The van der Waals surface area contributed by atoms with Crippen LogP contribution in [0.15, 0.2) is 23.0 Å². The predicted molar refractivity (Wildman–Crippen MR) is 133 cm³/mol. The standard InChI is InChI=1S/C26H34N6O4/c1-2-22(25-28-29-30-32(25)15-20-9-6-10-34-20)31(19-7-4-3-5-8-19)14-18-11-17-12-23-24(36-16-35-23)13-21(17)27-26(18)33/h11-13,19-20,22H,2-10,14-16H2,1H3,(H,27,33)/t20-,22-/m1/s1. The molecule has 1 saturated carbocycles. The first-order valence-corrected chi connectivity index (χ1v) is 13.3. The Balaban J connectivity index is 1.34. The largest absolute Gasteiger partial charge is 0.454 e. The van der Waals surface area contributed by atoms with Crippen molar-refractivity contribution in [2.45, 2.75) is 89.6 Å². The molecule has 4 heterocycles. The van der Waals surface area contributed by atoms with Crippen LogP contribution in [0, 0.1) is 0 Å². The van der Waals surface area contributed by atoms with Crippen molar-refractivity contribution >= 4 is 10.9 Å². The Morgan fingerprint density at radius 1 is 1.11 bits per heavy atom. The van der Waals surface area contributed by atoms with E-state index in [9.17, 15) is 4.79 Å². The molecule has 0 spiro atoms. The van der Waals surface area contributed by atoms with Gasteiger partial charge >= 0.3 is 0 Å². The first-order valence-electron chi connectivity index (χ1n) is 13.3. The molecule has 192 valence electrons. The molecule has 0 amide bonds. The van der Waals surface area contributed by atoms with Gasteiger partial charge in [0.05, 0.1) is 24.2 Å². The molecule has 0 unspecified atom stereocenters. The van der Waals surface area contributed by atoms with Crippen LogP contribution in [-0.4, -0.2) is 55.6 Å². The molecule has 2 aromatic heterocycles. The van der Waals surface area contributed by atoms with E-state index in [1.165, 1.54) is 19.3 Å². The highest BCUT2D eigenvalue weighted by molar-refractivity contribution is 5.83. The lowest BCUT2D eigenvalue weighted by molar-refractivity contribution is 0.0734. The van der Waals surface area contributed by atoms with Gasteiger partial charge in [0.2, 0.25) is 6.79 Å². The van der Waals surface area contributed by atoms with E-state index in [-0.39, 0.29) is 24.5 Å². The summed E-state index contributed by atoms with van der Waals surface area (Å²) in [5.41, 5.74) is 1.42. The number of rotatable bonds is 8. The van der Waals surface area contributed by atoms with Crippen LogP contribution in [0.4, 0.5) is 0 Å². The molecule has 1 aromatic carbocycles. The molecule has 0 bridgehead atoms. The Labute approximate surface area is 209 Å². The monoisotopic (exact) mass is 494 g/mol. The minimum absolute atomic E-state index is 0.0105. The average molecular weight is 495 g/mol. The predicted octanol–water partition coefficient (Wildman–Crippen LogP) is 3.71. The maximum atomic E-state index is 13.2. The van der Waals surface area contributed by atoms with Crippen molar-refractivity contribution in [2.75, 3.05) is 13.4 Å². The second kappa shape index (κ2) is 10.2. The van der Waals surface area contributed by atoms with Crippen molar-refractivity contribution in [2.24, 2.45) is 0 Å². The topological polar surface area (TPSA) is 107 Å². The Hall–Kier alpha value is -2.98. The Morgan fingerprint density at radius 3 is 2.72 bits per heavy atom. The van der Waals surface area contributed by atoms with Crippen LogP contribution in [0.3, 0.4) is 0 Å². The van der Waals surface area contributed by atoms with Crippen LogP contribution in [0.5, 0.6) is 11.5 Å². The number of pyridine rings is 1. The number of tetrazole rings is 1. The van der Waals surface area contributed by atoms with Crippen LogP contribution >= 0.6 is 0 Å². The van der Waals surface area contributed by atoms with Gasteiger partial charge in [-0.05, 0) is 54.7 Å². The third-order valence-electron chi connectivity index (χ3n) is 7.86. The SMILES string of the molecule is CC[C@H](c1nnnn1C[C@H]1CCCO1)N(Cc1cc2cc3c(cc2[nH]c1=O)OCO3)C1CCCCC1. The fraction of sp³-hybridized carbons (Fsp3) is 0.615. The fourth-order valence-corrected chi connectivity index (χ4v) is 5.99. The number of fused-ring (bicyclic) bond motifs is 2. The van der Waals surface area contributed by atoms with Crippen molar-refractivity contribution in [1.82, 2.24) is 30.1 Å². The van der Waals surface area contributed by atoms with Crippen LogP contribution < -0.4 is 15.0 Å². The zero-order valence-electron chi connectivity index (χ0n) is 20.8. The molecule has 3 aromatic rings. The maximum Gasteiger partial charge on any atom is 0.252 e. The molecule has 2 atom stereocenters. The Morgan fingerprint density at radius 2 is 1.94 bits per heavy atom. The van der Waals surface area contributed by atoms with Gasteiger partial charge in [0.25, 0.3) is 5.56 Å². The lowest BCUT2D eigenvalue weighted by atomic mass is 9.92. The molecular weight excluding hydrogens is 460 g/mol. The van der Waals surface area contributed by atoms with Gasteiger partial charge in [-0.3, -0.25) is 9.69 Å². The number of nitrogens with zero attached hydrogens (tertiary/aromatic N) is 5. The normalized spacial score (nSPS) is 21.0. The summed E-state index contributed by atoms with van der Waals surface area (Å²) in [4.78, 5) is 18.8. The number of hydrogen-bond donors (Lipinski definition) is 1. The highest BCUT2D eigenvalue weighted by Gasteiger charge is 2.33.